The molecule has 11 rings (SSSR count). The number of nitrogens with zero attached hydrogens (tertiary/aromatic N) is 12. The van der Waals surface area contributed by atoms with E-state index in [4.69, 9.17) is 32.5 Å². The lowest BCUT2D eigenvalue weighted by atomic mass is 9.76. The first kappa shape index (κ1) is 60.0. The van der Waals surface area contributed by atoms with Gasteiger partial charge in [-0.2, -0.15) is 0 Å². The summed E-state index contributed by atoms with van der Waals surface area (Å²) in [4.78, 5) is 91.9. The van der Waals surface area contributed by atoms with Crippen LogP contribution in [0.4, 0.5) is 0 Å². The summed E-state index contributed by atoms with van der Waals surface area (Å²) < 4.78 is 18.4. The van der Waals surface area contributed by atoms with Gasteiger partial charge in [-0.25, -0.2) is 9.97 Å². The van der Waals surface area contributed by atoms with E-state index < -0.39 is 30.1 Å². The quantitative estimate of drug-likeness (QED) is 0.137. The highest BCUT2D eigenvalue weighted by Gasteiger charge is 2.39. The Labute approximate surface area is 496 Å². The van der Waals surface area contributed by atoms with Crippen LogP contribution >= 0.6 is 39.1 Å². The predicted octanol–water partition coefficient (Wildman–Crippen LogP) is 5.84. The molecule has 0 saturated carbocycles. The highest BCUT2D eigenvalue weighted by atomic mass is 79.9. The maximum absolute atomic E-state index is 13.6. The van der Waals surface area contributed by atoms with Gasteiger partial charge >= 0.3 is 7.12 Å². The summed E-state index contributed by atoms with van der Waals surface area (Å²) in [5.41, 5.74) is 2.97. The van der Waals surface area contributed by atoms with Crippen molar-refractivity contribution in [1.29, 1.82) is 0 Å². The Hall–Kier alpha value is -7.64. The van der Waals surface area contributed by atoms with Crippen molar-refractivity contribution in [3.63, 3.8) is 0 Å². The largest absolute Gasteiger partial charge is 0.495 e. The molecule has 432 valence electrons. The summed E-state index contributed by atoms with van der Waals surface area (Å²) in [5.74, 6) is -1.47. The van der Waals surface area contributed by atoms with Crippen LogP contribution in [0.5, 0.6) is 0 Å². The van der Waals surface area contributed by atoms with E-state index in [-0.39, 0.29) is 65.4 Å². The summed E-state index contributed by atoms with van der Waals surface area (Å²) >= 11 is 15.0. The molecule has 0 unspecified atom stereocenters. The number of likely N-dealkylation sites (tertiary alicyclic amines) is 2. The molecule has 2 N–H and O–H groups in total. The SMILES string of the molecule is CC1(C)COB(c2cnc3c(c2)cc(C(=O)NCc2ccc(Cl)cc2)c(=O)n3CC(=O)N2CC(C)(C)C2)OC1.Cn1cc(-c2cnc3c(c2)cc(C(=O)NCc2ccc(Cl)cc2)c(=O)n3CC(=O)N2CC(C)(C)C2)nn1.Cn1cc(Br)nn1. The average Bonchev–Trinajstić information content (AvgIpc) is 2.66. The Bertz CT molecular complexity index is 3840. The molecule has 22 nitrogen and oxygen atoms in total. The maximum atomic E-state index is 13.6. The standard InChI is InChI=1S/C28H32BClN4O5.C26H26ClN7O3.C3H4BrN3/c1-27(2)14-33(15-27)23(35)13-34-24-19(9-20(12-31-24)29-38-16-28(3,4)17-39-29)10-22(26(34)37)25(36)32-11-18-5-7-21(30)8-6-18;1-26(2)14-33(15-26)22(35)13-34-23-17(8-18(11-28-23)21-12-32(3)31-30-21)9-20(25(34)37)24(36)29-10-16-4-6-19(27)7-5-16;1-7-2-3(4)5-6-7/h5-10,12H,11,13-17H2,1-4H3,(H,32,36);4-9,11-12H,10,13-15H2,1-3H3,(H,29,36);2H,1H3. The molecular formula is C57H62BBrCl2N14O8. The highest BCUT2D eigenvalue weighted by Crippen LogP contribution is 2.31. The summed E-state index contributed by atoms with van der Waals surface area (Å²) in [6.07, 6.45) is 6.70. The van der Waals surface area contributed by atoms with Crippen molar-refractivity contribution < 1.29 is 28.5 Å². The number of nitrogens with one attached hydrogen (secondary N) is 2. The Morgan fingerprint density at radius 3 is 1.47 bits per heavy atom. The third-order valence-electron chi connectivity index (χ3n) is 13.9. The normalized spacial score (nSPS) is 15.7. The van der Waals surface area contributed by atoms with Crippen molar-refractivity contribution >= 4 is 97.4 Å². The fraction of sp³-hybridized carbons (Fsp3) is 0.368. The number of amides is 4. The van der Waals surface area contributed by atoms with E-state index >= 15 is 0 Å². The lowest BCUT2D eigenvalue weighted by Gasteiger charge is -2.45. The monoisotopic (exact) mass is 1230 g/mol. The summed E-state index contributed by atoms with van der Waals surface area (Å²) in [6, 6.07) is 20.7. The lowest BCUT2D eigenvalue weighted by molar-refractivity contribution is -0.142. The third-order valence-corrected chi connectivity index (χ3v) is 14.7. The smallest absolute Gasteiger partial charge is 0.407 e. The molecule has 3 aliphatic heterocycles. The van der Waals surface area contributed by atoms with E-state index in [1.165, 1.54) is 21.3 Å². The molecule has 0 aliphatic carbocycles. The molecule has 0 radical (unpaired) electrons. The number of aromatic nitrogens is 10. The minimum Gasteiger partial charge on any atom is -0.407 e. The number of hydrogen-bond acceptors (Lipinski definition) is 14. The fourth-order valence-corrected chi connectivity index (χ4v) is 10.3. The van der Waals surface area contributed by atoms with Gasteiger partial charge < -0.3 is 29.7 Å². The van der Waals surface area contributed by atoms with E-state index in [0.29, 0.717) is 88.2 Å². The maximum Gasteiger partial charge on any atom is 0.495 e. The van der Waals surface area contributed by atoms with Gasteiger partial charge in [-0.3, -0.25) is 47.3 Å². The molecule has 4 amide bonds. The number of carbonyl (C=O) groups is 4. The average molecular weight is 1230 g/mol. The Balaban J connectivity index is 0.000000178. The van der Waals surface area contributed by atoms with Gasteiger partial charge in [0.15, 0.2) is 0 Å². The number of carbonyl (C=O) groups excluding carboxylic acids is 4. The van der Waals surface area contributed by atoms with Crippen LogP contribution in [0, 0.1) is 16.2 Å². The molecule has 3 fully saturated rings. The van der Waals surface area contributed by atoms with Gasteiger partial charge in [-0.05, 0) is 86.4 Å². The first-order chi connectivity index (χ1) is 39.3. The Kier molecular flexibility index (Phi) is 17.8. The lowest BCUT2D eigenvalue weighted by Crippen LogP contribution is -2.56. The first-order valence-electron chi connectivity index (χ1n) is 26.6. The number of hydrogen-bond donors (Lipinski definition) is 2. The van der Waals surface area contributed by atoms with E-state index in [2.05, 4.69) is 98.7 Å². The van der Waals surface area contributed by atoms with Gasteiger partial charge in [-0.1, -0.05) is 99.4 Å². The topological polar surface area (TPSA) is 248 Å². The number of rotatable bonds is 12. The molecule has 0 atom stereocenters. The van der Waals surface area contributed by atoms with Crippen molar-refractivity contribution in [3.8, 4) is 11.3 Å². The minimum atomic E-state index is -0.609. The van der Waals surface area contributed by atoms with Crippen molar-refractivity contribution in [1.82, 2.24) is 69.5 Å². The number of pyridine rings is 4. The minimum absolute atomic E-state index is 0.0494. The second kappa shape index (κ2) is 24.7. The molecule has 3 aliphatic rings. The van der Waals surface area contributed by atoms with Crippen LogP contribution in [0.3, 0.4) is 0 Å². The molecule has 9 heterocycles. The zero-order valence-corrected chi connectivity index (χ0v) is 50.3. The molecule has 0 spiro atoms. The van der Waals surface area contributed by atoms with Gasteiger partial charge in [0.2, 0.25) is 11.8 Å². The van der Waals surface area contributed by atoms with Gasteiger partial charge in [-0.15, -0.1) is 10.2 Å². The van der Waals surface area contributed by atoms with Crippen molar-refractivity contribution in [3.05, 3.63) is 155 Å². The number of aryl methyl sites for hydroxylation is 2. The van der Waals surface area contributed by atoms with Crippen LogP contribution < -0.4 is 27.2 Å². The van der Waals surface area contributed by atoms with Crippen LogP contribution in [0.2, 0.25) is 10.0 Å². The van der Waals surface area contributed by atoms with Crippen LogP contribution in [0.1, 0.15) is 73.4 Å². The number of fused-ring (bicyclic) bond motifs is 2. The number of halogens is 3. The van der Waals surface area contributed by atoms with E-state index in [0.717, 1.165) is 15.7 Å². The van der Waals surface area contributed by atoms with Gasteiger partial charge in [0.25, 0.3) is 22.9 Å². The van der Waals surface area contributed by atoms with Crippen molar-refractivity contribution in [2.75, 3.05) is 39.4 Å². The zero-order chi connectivity index (χ0) is 59.5. The Morgan fingerprint density at radius 2 is 1.06 bits per heavy atom. The molecule has 26 heteroatoms. The van der Waals surface area contributed by atoms with Crippen LogP contribution in [0.25, 0.3) is 33.3 Å². The fourth-order valence-electron chi connectivity index (χ4n) is 9.68. The Morgan fingerprint density at radius 1 is 0.614 bits per heavy atom. The van der Waals surface area contributed by atoms with E-state index in [1.807, 2.05) is 7.05 Å². The molecule has 2 aromatic carbocycles. The molecule has 8 aromatic rings. The summed E-state index contributed by atoms with van der Waals surface area (Å²) in [7, 11) is 2.97. The van der Waals surface area contributed by atoms with Crippen molar-refractivity contribution in [2.45, 2.75) is 67.7 Å². The second-order valence-electron chi connectivity index (χ2n) is 23.3. The molecule has 83 heavy (non-hydrogen) atoms. The second-order valence-corrected chi connectivity index (χ2v) is 25.0. The van der Waals surface area contributed by atoms with Gasteiger partial charge in [0.1, 0.15) is 45.8 Å². The summed E-state index contributed by atoms with van der Waals surface area (Å²) in [5, 5.41) is 23.2. The first-order valence-corrected chi connectivity index (χ1v) is 28.1. The molecule has 3 saturated heterocycles. The summed E-state index contributed by atoms with van der Waals surface area (Å²) in [6.45, 7) is 16.0. The van der Waals surface area contributed by atoms with Crippen LogP contribution in [-0.4, -0.2) is 129 Å². The van der Waals surface area contributed by atoms with Gasteiger partial charge in [0, 0.05) is 116 Å². The number of benzene rings is 2. The molecule has 0 bridgehead atoms. The zero-order valence-electron chi connectivity index (χ0n) is 47.2. The van der Waals surface area contributed by atoms with E-state index in [1.54, 1.807) is 112 Å². The third kappa shape index (κ3) is 14.8. The van der Waals surface area contributed by atoms with Crippen molar-refractivity contribution in [2.24, 2.45) is 30.3 Å². The van der Waals surface area contributed by atoms with Gasteiger partial charge in [0.05, 0.1) is 12.4 Å². The van der Waals surface area contributed by atoms with Crippen LogP contribution in [-0.2, 0) is 59.2 Å². The molecular weight excluding hydrogens is 1170 g/mol. The van der Waals surface area contributed by atoms with Crippen LogP contribution in [0.15, 0.2) is 112 Å². The molecule has 6 aromatic heterocycles. The van der Waals surface area contributed by atoms with E-state index in [9.17, 15) is 28.8 Å². The predicted molar refractivity (Wildman–Crippen MR) is 318 cm³/mol. The highest BCUT2D eigenvalue weighted by molar-refractivity contribution is 9.10.